The molecule has 1 unspecified atom stereocenters. The second-order valence-electron chi connectivity index (χ2n) is 4.20. The topological polar surface area (TPSA) is 34.1 Å². The Bertz CT molecular complexity index is 332. The van der Waals surface area contributed by atoms with Crippen LogP contribution < -0.4 is 10.1 Å². The van der Waals surface area contributed by atoms with E-state index >= 15 is 0 Å². The molecule has 0 saturated carbocycles. The number of hydrogen-bond acceptors (Lipinski definition) is 3. The Balaban J connectivity index is 2.23. The molecule has 2 heterocycles. The summed E-state index contributed by atoms with van der Waals surface area (Å²) in [4.78, 5) is 4.23. The van der Waals surface area contributed by atoms with Crippen molar-refractivity contribution in [1.29, 1.82) is 0 Å². The predicted molar refractivity (Wildman–Crippen MR) is 60.0 cm³/mol. The van der Waals surface area contributed by atoms with Crippen LogP contribution in [0.4, 0.5) is 0 Å². The fraction of sp³-hybridized carbons (Fsp3) is 0.583. The molecular formula is C12H18N2O. The van der Waals surface area contributed by atoms with Crippen LogP contribution in [0.2, 0.25) is 0 Å². The van der Waals surface area contributed by atoms with Crippen molar-refractivity contribution >= 4 is 0 Å². The summed E-state index contributed by atoms with van der Waals surface area (Å²) in [7, 11) is 0. The normalized spacial score (nSPS) is 25.5. The maximum Gasteiger partial charge on any atom is 0.137 e. The lowest BCUT2D eigenvalue weighted by atomic mass is 9.92. The van der Waals surface area contributed by atoms with Gasteiger partial charge in [0.25, 0.3) is 0 Å². The largest absolute Gasteiger partial charge is 0.492 e. The molecular weight excluding hydrogens is 188 g/mol. The minimum absolute atomic E-state index is 0.0834. The van der Waals surface area contributed by atoms with Crippen molar-refractivity contribution in [3.63, 3.8) is 0 Å². The smallest absolute Gasteiger partial charge is 0.137 e. The van der Waals surface area contributed by atoms with Gasteiger partial charge in [-0.05, 0) is 44.9 Å². The van der Waals surface area contributed by atoms with Crippen LogP contribution in [-0.2, 0) is 5.54 Å². The van der Waals surface area contributed by atoms with Gasteiger partial charge in [0.2, 0.25) is 0 Å². The van der Waals surface area contributed by atoms with Crippen LogP contribution in [0.5, 0.6) is 5.75 Å². The third kappa shape index (κ3) is 2.12. The Labute approximate surface area is 90.9 Å². The van der Waals surface area contributed by atoms with Gasteiger partial charge in [0.05, 0.1) is 12.8 Å². The summed E-state index contributed by atoms with van der Waals surface area (Å²) in [6.45, 7) is 6.00. The summed E-state index contributed by atoms with van der Waals surface area (Å²) in [6.07, 6.45) is 6.10. The first-order valence-corrected chi connectivity index (χ1v) is 5.58. The molecule has 15 heavy (non-hydrogen) atoms. The van der Waals surface area contributed by atoms with Crippen molar-refractivity contribution in [2.24, 2.45) is 0 Å². The Morgan fingerprint density at radius 2 is 2.40 bits per heavy atom. The first-order chi connectivity index (χ1) is 7.24. The van der Waals surface area contributed by atoms with Gasteiger partial charge in [0, 0.05) is 11.7 Å². The van der Waals surface area contributed by atoms with Crippen molar-refractivity contribution in [3.05, 3.63) is 24.0 Å². The molecule has 2 rings (SSSR count). The van der Waals surface area contributed by atoms with E-state index in [0.717, 1.165) is 12.3 Å². The van der Waals surface area contributed by atoms with Gasteiger partial charge < -0.3 is 10.1 Å². The molecule has 1 aliphatic heterocycles. The lowest BCUT2D eigenvalue weighted by Crippen LogP contribution is -2.33. The highest BCUT2D eigenvalue weighted by atomic mass is 16.5. The van der Waals surface area contributed by atoms with Gasteiger partial charge >= 0.3 is 0 Å². The molecule has 1 atom stereocenters. The molecule has 0 radical (unpaired) electrons. The summed E-state index contributed by atoms with van der Waals surface area (Å²) in [6, 6.07) is 2.09. The van der Waals surface area contributed by atoms with Crippen LogP contribution in [0.1, 0.15) is 32.3 Å². The van der Waals surface area contributed by atoms with Crippen LogP contribution >= 0.6 is 0 Å². The van der Waals surface area contributed by atoms with Crippen LogP contribution in [0.3, 0.4) is 0 Å². The molecule has 0 spiro atoms. The number of nitrogens with one attached hydrogen (secondary N) is 1. The van der Waals surface area contributed by atoms with Crippen LogP contribution in [0, 0.1) is 0 Å². The maximum absolute atomic E-state index is 5.46. The summed E-state index contributed by atoms with van der Waals surface area (Å²) in [5, 5.41) is 3.52. The first-order valence-electron chi connectivity index (χ1n) is 5.58. The minimum atomic E-state index is 0.0834. The van der Waals surface area contributed by atoms with Crippen LogP contribution in [-0.4, -0.2) is 18.1 Å². The van der Waals surface area contributed by atoms with Gasteiger partial charge in [-0.25, -0.2) is 0 Å². The Kier molecular flexibility index (Phi) is 2.91. The zero-order valence-corrected chi connectivity index (χ0v) is 9.42. The van der Waals surface area contributed by atoms with E-state index < -0.39 is 0 Å². The fourth-order valence-corrected chi connectivity index (χ4v) is 2.11. The molecule has 1 fully saturated rings. The zero-order chi connectivity index (χ0) is 10.7. The number of hydrogen-bond donors (Lipinski definition) is 1. The van der Waals surface area contributed by atoms with E-state index in [9.17, 15) is 0 Å². The number of aromatic nitrogens is 1. The highest BCUT2D eigenvalue weighted by Gasteiger charge is 2.30. The minimum Gasteiger partial charge on any atom is -0.492 e. The average Bonchev–Trinajstić information content (AvgIpc) is 2.68. The van der Waals surface area contributed by atoms with Gasteiger partial charge in [-0.1, -0.05) is 0 Å². The summed E-state index contributed by atoms with van der Waals surface area (Å²) >= 11 is 0. The molecule has 3 heteroatoms. The number of rotatable bonds is 3. The molecule has 0 aliphatic carbocycles. The second kappa shape index (κ2) is 4.19. The van der Waals surface area contributed by atoms with E-state index in [2.05, 4.69) is 23.3 Å². The number of nitrogens with zero attached hydrogens (tertiary/aromatic N) is 1. The van der Waals surface area contributed by atoms with Crippen molar-refractivity contribution in [1.82, 2.24) is 10.3 Å². The lowest BCUT2D eigenvalue weighted by molar-refractivity contribution is 0.336. The molecule has 1 aromatic heterocycles. The van der Waals surface area contributed by atoms with E-state index in [1.807, 2.05) is 13.1 Å². The van der Waals surface area contributed by atoms with E-state index in [-0.39, 0.29) is 5.54 Å². The quantitative estimate of drug-likeness (QED) is 0.822. The summed E-state index contributed by atoms with van der Waals surface area (Å²) in [5.74, 6) is 0.866. The molecule has 0 aromatic carbocycles. The predicted octanol–water partition coefficient (Wildman–Crippen LogP) is 2.08. The Morgan fingerprint density at radius 1 is 1.53 bits per heavy atom. The van der Waals surface area contributed by atoms with E-state index in [1.54, 1.807) is 6.20 Å². The molecule has 1 saturated heterocycles. The van der Waals surface area contributed by atoms with Crippen molar-refractivity contribution < 1.29 is 4.74 Å². The van der Waals surface area contributed by atoms with Crippen molar-refractivity contribution in [2.45, 2.75) is 32.2 Å². The highest BCUT2D eigenvalue weighted by Crippen LogP contribution is 2.31. The molecule has 1 aromatic rings. The monoisotopic (exact) mass is 206 g/mol. The Hall–Kier alpha value is -1.09. The van der Waals surface area contributed by atoms with E-state index in [0.29, 0.717) is 6.61 Å². The average molecular weight is 206 g/mol. The van der Waals surface area contributed by atoms with Crippen LogP contribution in [0.25, 0.3) is 0 Å². The number of pyridine rings is 1. The summed E-state index contributed by atoms with van der Waals surface area (Å²) < 4.78 is 5.46. The molecule has 0 amide bonds. The zero-order valence-electron chi connectivity index (χ0n) is 9.42. The first kappa shape index (κ1) is 10.4. The van der Waals surface area contributed by atoms with Gasteiger partial charge in [0.15, 0.2) is 0 Å². The Morgan fingerprint density at radius 3 is 3.07 bits per heavy atom. The molecule has 1 N–H and O–H groups in total. The van der Waals surface area contributed by atoms with E-state index in [4.69, 9.17) is 4.74 Å². The van der Waals surface area contributed by atoms with Crippen LogP contribution in [0.15, 0.2) is 18.5 Å². The SMILES string of the molecule is CCOc1cncc(C2(C)CCCN2)c1. The highest BCUT2D eigenvalue weighted by molar-refractivity contribution is 5.29. The van der Waals surface area contributed by atoms with Crippen molar-refractivity contribution in [3.8, 4) is 5.75 Å². The van der Waals surface area contributed by atoms with Crippen molar-refractivity contribution in [2.75, 3.05) is 13.2 Å². The lowest BCUT2D eigenvalue weighted by Gasteiger charge is -2.24. The molecule has 1 aliphatic rings. The summed E-state index contributed by atoms with van der Waals surface area (Å²) in [5.41, 5.74) is 1.31. The third-order valence-corrected chi connectivity index (χ3v) is 3.03. The standard InChI is InChI=1S/C12H18N2O/c1-3-15-11-7-10(8-13-9-11)12(2)5-4-6-14-12/h7-9,14H,3-6H2,1-2H3. The molecule has 0 bridgehead atoms. The van der Waals surface area contributed by atoms with Gasteiger partial charge in [-0.2, -0.15) is 0 Å². The third-order valence-electron chi connectivity index (χ3n) is 3.03. The van der Waals surface area contributed by atoms with Gasteiger partial charge in [-0.15, -0.1) is 0 Å². The van der Waals surface area contributed by atoms with Gasteiger partial charge in [-0.3, -0.25) is 4.98 Å². The molecule has 3 nitrogen and oxygen atoms in total. The van der Waals surface area contributed by atoms with Gasteiger partial charge in [0.1, 0.15) is 5.75 Å². The maximum atomic E-state index is 5.46. The number of ether oxygens (including phenoxy) is 1. The second-order valence-corrected chi connectivity index (χ2v) is 4.20. The molecule has 82 valence electrons. The fourth-order valence-electron chi connectivity index (χ4n) is 2.11. The van der Waals surface area contributed by atoms with E-state index in [1.165, 1.54) is 18.4 Å².